The van der Waals surface area contributed by atoms with Crippen molar-refractivity contribution in [2.24, 2.45) is 0 Å². The lowest BCUT2D eigenvalue weighted by Gasteiger charge is -2.12. The first-order chi connectivity index (χ1) is 12.3. The third-order valence-corrected chi connectivity index (χ3v) is 3.49. The van der Waals surface area contributed by atoms with E-state index in [1.54, 1.807) is 31.2 Å². The van der Waals surface area contributed by atoms with Gasteiger partial charge in [-0.2, -0.15) is 22.7 Å². The monoisotopic (exact) mass is 367 g/mol. The Morgan fingerprint density at radius 2 is 1.96 bits per heavy atom. The second-order valence-electron chi connectivity index (χ2n) is 5.61. The van der Waals surface area contributed by atoms with Gasteiger partial charge in [0.15, 0.2) is 0 Å². The molecule has 3 rings (SSSR count). The minimum absolute atomic E-state index is 0.0957. The Morgan fingerprint density at radius 1 is 1.19 bits per heavy atom. The molecule has 0 amide bonds. The number of anilines is 2. The fourth-order valence-electron chi connectivity index (χ4n) is 2.39. The molecule has 138 valence electrons. The number of nitrogens with one attached hydrogen (secondary N) is 1. The van der Waals surface area contributed by atoms with Gasteiger partial charge in [0.05, 0.1) is 6.61 Å². The molecule has 0 radical (unpaired) electrons. The van der Waals surface area contributed by atoms with E-state index in [0.29, 0.717) is 22.9 Å². The summed E-state index contributed by atoms with van der Waals surface area (Å²) in [5.74, 6) is -0.471. The number of halogens is 3. The Bertz CT molecular complexity index is 940. The average molecular weight is 367 g/mol. The van der Waals surface area contributed by atoms with Crippen LogP contribution in [0.3, 0.4) is 0 Å². The van der Waals surface area contributed by atoms with E-state index in [2.05, 4.69) is 20.4 Å². The van der Waals surface area contributed by atoms with E-state index in [1.807, 2.05) is 6.92 Å². The fourth-order valence-corrected chi connectivity index (χ4v) is 2.39. The molecule has 7 nitrogen and oxygen atoms in total. The molecular formula is C16H16F3N5O2. The maximum absolute atomic E-state index is 12.9. The Hall–Kier alpha value is -2.88. The highest BCUT2D eigenvalue weighted by atomic mass is 19.4. The summed E-state index contributed by atoms with van der Waals surface area (Å²) in [6.45, 7) is 3.56. The summed E-state index contributed by atoms with van der Waals surface area (Å²) < 4.78 is 45.0. The van der Waals surface area contributed by atoms with Gasteiger partial charge in [0.25, 0.3) is 11.6 Å². The molecule has 2 aromatic heterocycles. The number of aromatic nitrogens is 4. The Labute approximate surface area is 146 Å². The van der Waals surface area contributed by atoms with Gasteiger partial charge in [-0.05, 0) is 37.6 Å². The summed E-state index contributed by atoms with van der Waals surface area (Å²) in [5, 5.41) is 15.3. The predicted octanol–water partition coefficient (Wildman–Crippen LogP) is 2.87. The van der Waals surface area contributed by atoms with Crippen molar-refractivity contribution >= 4 is 17.3 Å². The largest absolute Gasteiger partial charge is 0.491 e. The molecule has 0 saturated carbocycles. The Balaban J connectivity index is 1.95. The van der Waals surface area contributed by atoms with Crippen LogP contribution in [0, 0.1) is 13.8 Å². The van der Waals surface area contributed by atoms with Gasteiger partial charge in [-0.15, -0.1) is 5.10 Å². The molecule has 0 unspecified atom stereocenters. The van der Waals surface area contributed by atoms with Crippen LogP contribution < -0.4 is 10.1 Å². The lowest BCUT2D eigenvalue weighted by Crippen LogP contribution is -2.08. The number of hydrogen-bond donors (Lipinski definition) is 2. The molecule has 0 atom stereocenters. The standard InChI is InChI=1S/C16H16F3N5O2/c1-9-7-11(3-4-12(9)26-6-5-25)21-13-8-10(2)20-15-22-14(16(17,18)19)23-24(13)15/h3-4,7-8,21,25H,5-6H2,1-2H3. The van der Waals surface area contributed by atoms with Gasteiger partial charge in [0, 0.05) is 17.4 Å². The number of hydrogen-bond acceptors (Lipinski definition) is 6. The predicted molar refractivity (Wildman–Crippen MR) is 87.6 cm³/mol. The van der Waals surface area contributed by atoms with E-state index in [-0.39, 0.29) is 19.0 Å². The van der Waals surface area contributed by atoms with E-state index >= 15 is 0 Å². The van der Waals surface area contributed by atoms with E-state index in [0.717, 1.165) is 10.1 Å². The quantitative estimate of drug-likeness (QED) is 0.721. The lowest BCUT2D eigenvalue weighted by molar-refractivity contribution is -0.144. The molecule has 0 bridgehead atoms. The second kappa shape index (κ2) is 6.79. The van der Waals surface area contributed by atoms with Crippen molar-refractivity contribution < 1.29 is 23.0 Å². The number of aryl methyl sites for hydroxylation is 2. The molecule has 0 saturated heterocycles. The summed E-state index contributed by atoms with van der Waals surface area (Å²) >= 11 is 0. The van der Waals surface area contributed by atoms with Crippen molar-refractivity contribution in [1.29, 1.82) is 0 Å². The topological polar surface area (TPSA) is 84.6 Å². The fraction of sp³-hybridized carbons (Fsp3) is 0.312. The molecule has 0 fully saturated rings. The number of nitrogens with zero attached hydrogens (tertiary/aromatic N) is 4. The second-order valence-corrected chi connectivity index (χ2v) is 5.61. The zero-order chi connectivity index (χ0) is 18.9. The van der Waals surface area contributed by atoms with Gasteiger partial charge in [-0.25, -0.2) is 4.98 Å². The number of aliphatic hydroxyl groups is 1. The Morgan fingerprint density at radius 3 is 2.62 bits per heavy atom. The van der Waals surface area contributed by atoms with Crippen LogP contribution in [0.25, 0.3) is 5.78 Å². The first kappa shape index (κ1) is 17.9. The summed E-state index contributed by atoms with van der Waals surface area (Å²) in [4.78, 5) is 7.43. The normalized spacial score (nSPS) is 11.8. The van der Waals surface area contributed by atoms with Gasteiger partial charge < -0.3 is 15.2 Å². The molecule has 2 heterocycles. The van der Waals surface area contributed by atoms with Crippen molar-refractivity contribution in [3.8, 4) is 5.75 Å². The molecule has 3 aromatic rings. The molecule has 0 spiro atoms. The highest BCUT2D eigenvalue weighted by Gasteiger charge is 2.36. The first-order valence-corrected chi connectivity index (χ1v) is 7.71. The van der Waals surface area contributed by atoms with Crippen LogP contribution in [0.1, 0.15) is 17.1 Å². The summed E-state index contributed by atoms with van der Waals surface area (Å²) in [6.07, 6.45) is -4.65. The van der Waals surface area contributed by atoms with E-state index in [9.17, 15) is 13.2 Å². The molecular weight excluding hydrogens is 351 g/mol. The SMILES string of the molecule is Cc1cc(Nc2ccc(OCCO)c(C)c2)n2nc(C(F)(F)F)nc2n1. The van der Waals surface area contributed by atoms with Crippen molar-refractivity contribution in [2.45, 2.75) is 20.0 Å². The molecule has 26 heavy (non-hydrogen) atoms. The van der Waals surface area contributed by atoms with Crippen molar-refractivity contribution in [1.82, 2.24) is 19.6 Å². The molecule has 1 aromatic carbocycles. The van der Waals surface area contributed by atoms with Crippen LogP contribution >= 0.6 is 0 Å². The lowest BCUT2D eigenvalue weighted by atomic mass is 10.2. The number of rotatable bonds is 5. The maximum Gasteiger partial charge on any atom is 0.453 e. The Kier molecular flexibility index (Phi) is 4.68. The van der Waals surface area contributed by atoms with Gasteiger partial charge in [-0.3, -0.25) is 0 Å². The average Bonchev–Trinajstić information content (AvgIpc) is 2.98. The number of aliphatic hydroxyl groups excluding tert-OH is 1. The van der Waals surface area contributed by atoms with Gasteiger partial charge in [0.2, 0.25) is 0 Å². The highest BCUT2D eigenvalue weighted by molar-refractivity contribution is 5.61. The van der Waals surface area contributed by atoms with Crippen LogP contribution in [0.5, 0.6) is 5.75 Å². The zero-order valence-corrected chi connectivity index (χ0v) is 14.0. The molecule has 2 N–H and O–H groups in total. The van der Waals surface area contributed by atoms with Crippen molar-refractivity contribution in [2.75, 3.05) is 18.5 Å². The maximum atomic E-state index is 12.9. The summed E-state index contributed by atoms with van der Waals surface area (Å²) in [5.41, 5.74) is 1.94. The molecule has 0 aliphatic rings. The number of fused-ring (bicyclic) bond motifs is 1. The third kappa shape index (κ3) is 3.69. The molecule has 0 aliphatic carbocycles. The highest BCUT2D eigenvalue weighted by Crippen LogP contribution is 2.28. The minimum atomic E-state index is -4.65. The first-order valence-electron chi connectivity index (χ1n) is 7.71. The van der Waals surface area contributed by atoms with Gasteiger partial charge in [-0.1, -0.05) is 0 Å². The van der Waals surface area contributed by atoms with Crippen LogP contribution in [0.2, 0.25) is 0 Å². The molecule has 0 aliphatic heterocycles. The van der Waals surface area contributed by atoms with Gasteiger partial charge >= 0.3 is 6.18 Å². The van der Waals surface area contributed by atoms with Crippen LogP contribution in [0.15, 0.2) is 24.3 Å². The summed E-state index contributed by atoms with van der Waals surface area (Å²) in [7, 11) is 0. The van der Waals surface area contributed by atoms with E-state index in [1.165, 1.54) is 0 Å². The van der Waals surface area contributed by atoms with Gasteiger partial charge in [0.1, 0.15) is 18.2 Å². The molecule has 10 heteroatoms. The number of ether oxygens (including phenoxy) is 1. The number of benzene rings is 1. The smallest absolute Gasteiger partial charge is 0.453 e. The third-order valence-electron chi connectivity index (χ3n) is 3.49. The van der Waals surface area contributed by atoms with E-state index < -0.39 is 12.0 Å². The van der Waals surface area contributed by atoms with E-state index in [4.69, 9.17) is 9.84 Å². The zero-order valence-electron chi connectivity index (χ0n) is 14.0. The minimum Gasteiger partial charge on any atom is -0.491 e. The van der Waals surface area contributed by atoms with Crippen molar-refractivity contribution in [3.05, 3.63) is 41.3 Å². The van der Waals surface area contributed by atoms with Crippen LogP contribution in [0.4, 0.5) is 24.7 Å². The summed E-state index contributed by atoms with van der Waals surface area (Å²) in [6, 6.07) is 6.77. The van der Waals surface area contributed by atoms with Crippen LogP contribution in [-0.4, -0.2) is 37.9 Å². The van der Waals surface area contributed by atoms with Crippen molar-refractivity contribution in [3.63, 3.8) is 0 Å². The van der Waals surface area contributed by atoms with Crippen LogP contribution in [-0.2, 0) is 6.18 Å². The number of alkyl halides is 3.